The van der Waals surface area contributed by atoms with E-state index in [9.17, 15) is 14.4 Å². The Labute approximate surface area is 145 Å². The van der Waals surface area contributed by atoms with Gasteiger partial charge in [0, 0.05) is 18.5 Å². The van der Waals surface area contributed by atoms with Crippen molar-refractivity contribution >= 4 is 17.8 Å². The molecule has 0 aliphatic heterocycles. The summed E-state index contributed by atoms with van der Waals surface area (Å²) in [6, 6.07) is 17.3. The quantitative estimate of drug-likeness (QED) is 0.687. The van der Waals surface area contributed by atoms with Crippen molar-refractivity contribution in [1.82, 2.24) is 10.6 Å². The van der Waals surface area contributed by atoms with Crippen molar-refractivity contribution in [2.75, 3.05) is 6.54 Å². The highest BCUT2D eigenvalue weighted by molar-refractivity contribution is 5.98. The molecule has 0 saturated carbocycles. The number of ketones is 1. The minimum absolute atomic E-state index is 0.0128. The first-order valence-corrected chi connectivity index (χ1v) is 7.95. The van der Waals surface area contributed by atoms with Gasteiger partial charge in [0.15, 0.2) is 5.78 Å². The predicted molar refractivity (Wildman–Crippen MR) is 93.5 cm³/mol. The fourth-order valence-electron chi connectivity index (χ4n) is 2.39. The molecule has 0 saturated heterocycles. The number of carbonyl (C=O) groups is 3. The van der Waals surface area contributed by atoms with Gasteiger partial charge in [-0.3, -0.25) is 9.59 Å². The largest absolute Gasteiger partial charge is 0.465 e. The lowest BCUT2D eigenvalue weighted by Gasteiger charge is -2.18. The Hall–Kier alpha value is -3.15. The third-order valence-electron chi connectivity index (χ3n) is 3.66. The van der Waals surface area contributed by atoms with Crippen LogP contribution in [0, 0.1) is 0 Å². The second-order valence-corrected chi connectivity index (χ2v) is 5.53. The van der Waals surface area contributed by atoms with Crippen LogP contribution in [-0.4, -0.2) is 35.5 Å². The van der Waals surface area contributed by atoms with Crippen LogP contribution in [0.3, 0.4) is 0 Å². The van der Waals surface area contributed by atoms with Gasteiger partial charge >= 0.3 is 6.09 Å². The highest BCUT2D eigenvalue weighted by Gasteiger charge is 2.21. The number of hydrogen-bond acceptors (Lipinski definition) is 3. The first-order chi connectivity index (χ1) is 12.1. The first kappa shape index (κ1) is 18.2. The zero-order valence-electron chi connectivity index (χ0n) is 13.6. The van der Waals surface area contributed by atoms with Gasteiger partial charge in [0.25, 0.3) is 5.91 Å². The molecule has 2 aromatic carbocycles. The zero-order chi connectivity index (χ0) is 18.1. The Morgan fingerprint density at radius 1 is 0.920 bits per heavy atom. The van der Waals surface area contributed by atoms with Gasteiger partial charge in [0.2, 0.25) is 0 Å². The van der Waals surface area contributed by atoms with E-state index in [0.29, 0.717) is 12.0 Å². The van der Waals surface area contributed by atoms with E-state index < -0.39 is 12.1 Å². The van der Waals surface area contributed by atoms with Crippen LogP contribution in [0.15, 0.2) is 60.7 Å². The van der Waals surface area contributed by atoms with Crippen LogP contribution in [-0.2, 0) is 11.2 Å². The van der Waals surface area contributed by atoms with E-state index in [1.807, 2.05) is 30.3 Å². The minimum atomic E-state index is -1.18. The number of nitrogens with one attached hydrogen (secondary N) is 2. The fourth-order valence-corrected chi connectivity index (χ4v) is 2.39. The molecule has 1 atom stereocenters. The summed E-state index contributed by atoms with van der Waals surface area (Å²) in [6.07, 6.45) is -0.815. The second-order valence-electron chi connectivity index (χ2n) is 5.53. The number of Topliss-reactive ketones (excluding diaryl/α,β-unsaturated/α-hetero) is 1. The molecule has 1 unspecified atom stereocenters. The van der Waals surface area contributed by atoms with Crippen LogP contribution in [0.5, 0.6) is 0 Å². The number of amides is 2. The molecule has 0 heterocycles. The van der Waals surface area contributed by atoms with Crippen molar-refractivity contribution < 1.29 is 19.5 Å². The van der Waals surface area contributed by atoms with Gasteiger partial charge in [-0.2, -0.15) is 0 Å². The number of carbonyl (C=O) groups excluding carboxylic acids is 2. The topological polar surface area (TPSA) is 95.5 Å². The van der Waals surface area contributed by atoms with Crippen LogP contribution >= 0.6 is 0 Å². The van der Waals surface area contributed by atoms with Gasteiger partial charge in [-0.15, -0.1) is 0 Å². The maximum atomic E-state index is 12.4. The minimum Gasteiger partial charge on any atom is -0.465 e. The van der Waals surface area contributed by atoms with Crippen LogP contribution in [0.1, 0.15) is 22.3 Å². The summed E-state index contributed by atoms with van der Waals surface area (Å²) in [4.78, 5) is 35.3. The first-order valence-electron chi connectivity index (χ1n) is 7.95. The average molecular weight is 340 g/mol. The van der Waals surface area contributed by atoms with Crippen molar-refractivity contribution in [1.29, 1.82) is 0 Å². The van der Waals surface area contributed by atoms with Gasteiger partial charge in [0.1, 0.15) is 0 Å². The standard InChI is InChI=1S/C19H20N2O4/c22-17(11-12-20-19(24)25)16(13-14-7-3-1-4-8-14)21-18(23)15-9-5-2-6-10-15/h1-10,16,20H,11-13H2,(H,21,23)(H,24,25). The summed E-state index contributed by atoms with van der Waals surface area (Å²) in [6.45, 7) is 0.0145. The smallest absolute Gasteiger partial charge is 0.404 e. The second kappa shape index (κ2) is 9.22. The van der Waals surface area contributed by atoms with Gasteiger partial charge in [0.05, 0.1) is 6.04 Å². The lowest BCUT2D eigenvalue weighted by atomic mass is 10.00. The molecule has 0 aromatic heterocycles. The lowest BCUT2D eigenvalue weighted by molar-refractivity contribution is -0.120. The van der Waals surface area contributed by atoms with Gasteiger partial charge < -0.3 is 15.7 Å². The predicted octanol–water partition coefficient (Wildman–Crippen LogP) is 2.25. The van der Waals surface area contributed by atoms with Crippen LogP contribution in [0.4, 0.5) is 4.79 Å². The zero-order valence-corrected chi connectivity index (χ0v) is 13.6. The van der Waals surface area contributed by atoms with Gasteiger partial charge in [-0.1, -0.05) is 48.5 Å². The molecule has 0 radical (unpaired) electrons. The normalized spacial score (nSPS) is 11.4. The third kappa shape index (κ3) is 6.10. The number of carboxylic acid groups (broad SMARTS) is 1. The Balaban J connectivity index is 2.06. The van der Waals surface area contributed by atoms with Crippen molar-refractivity contribution in [3.05, 3.63) is 71.8 Å². The molecule has 0 aliphatic rings. The summed E-state index contributed by atoms with van der Waals surface area (Å²) in [5.41, 5.74) is 1.39. The summed E-state index contributed by atoms with van der Waals surface area (Å²) >= 11 is 0. The van der Waals surface area contributed by atoms with Crippen LogP contribution in [0.25, 0.3) is 0 Å². The molecule has 2 amide bonds. The molecular weight excluding hydrogens is 320 g/mol. The average Bonchev–Trinajstić information content (AvgIpc) is 2.62. The molecule has 6 heteroatoms. The van der Waals surface area contributed by atoms with E-state index in [0.717, 1.165) is 5.56 Å². The monoisotopic (exact) mass is 340 g/mol. The van der Waals surface area contributed by atoms with Crippen molar-refractivity contribution in [2.24, 2.45) is 0 Å². The van der Waals surface area contributed by atoms with Crippen molar-refractivity contribution in [3.63, 3.8) is 0 Å². The Morgan fingerprint density at radius 3 is 2.12 bits per heavy atom. The Morgan fingerprint density at radius 2 is 1.52 bits per heavy atom. The lowest BCUT2D eigenvalue weighted by Crippen LogP contribution is -2.43. The van der Waals surface area contributed by atoms with E-state index in [2.05, 4.69) is 10.6 Å². The molecule has 0 bridgehead atoms. The molecular formula is C19H20N2O4. The molecule has 0 fully saturated rings. The van der Waals surface area contributed by atoms with Crippen molar-refractivity contribution in [2.45, 2.75) is 18.9 Å². The highest BCUT2D eigenvalue weighted by atomic mass is 16.4. The molecule has 25 heavy (non-hydrogen) atoms. The van der Waals surface area contributed by atoms with E-state index in [1.54, 1.807) is 30.3 Å². The van der Waals surface area contributed by atoms with Gasteiger partial charge in [-0.25, -0.2) is 4.79 Å². The van der Waals surface area contributed by atoms with E-state index in [-0.39, 0.29) is 24.7 Å². The summed E-state index contributed by atoms with van der Waals surface area (Å²) < 4.78 is 0. The fraction of sp³-hybridized carbons (Fsp3) is 0.211. The molecule has 2 rings (SSSR count). The van der Waals surface area contributed by atoms with Gasteiger partial charge in [-0.05, 0) is 24.1 Å². The number of benzene rings is 2. The number of rotatable bonds is 8. The van der Waals surface area contributed by atoms with Crippen LogP contribution < -0.4 is 10.6 Å². The molecule has 130 valence electrons. The van der Waals surface area contributed by atoms with Crippen molar-refractivity contribution in [3.8, 4) is 0 Å². The summed E-state index contributed by atoms with van der Waals surface area (Å²) in [7, 11) is 0. The van der Waals surface area contributed by atoms with Crippen LogP contribution in [0.2, 0.25) is 0 Å². The van der Waals surface area contributed by atoms with E-state index in [1.165, 1.54) is 0 Å². The Kier molecular flexibility index (Phi) is 6.71. The third-order valence-corrected chi connectivity index (χ3v) is 3.66. The Bertz CT molecular complexity index is 717. The number of hydrogen-bond donors (Lipinski definition) is 3. The molecule has 2 aromatic rings. The molecule has 0 spiro atoms. The molecule has 3 N–H and O–H groups in total. The summed E-state index contributed by atoms with van der Waals surface area (Å²) in [5, 5.41) is 13.5. The SMILES string of the molecule is O=C(O)NCCC(=O)C(Cc1ccccc1)NC(=O)c1ccccc1. The maximum absolute atomic E-state index is 12.4. The maximum Gasteiger partial charge on any atom is 0.404 e. The van der Waals surface area contributed by atoms with E-state index in [4.69, 9.17) is 5.11 Å². The highest BCUT2D eigenvalue weighted by Crippen LogP contribution is 2.07. The molecule has 0 aliphatic carbocycles. The molecule has 6 nitrogen and oxygen atoms in total. The summed E-state index contributed by atoms with van der Waals surface area (Å²) in [5.74, 6) is -0.553. The van der Waals surface area contributed by atoms with E-state index >= 15 is 0 Å².